The molecule has 172 valence electrons. The lowest BCUT2D eigenvalue weighted by atomic mass is 9.95. The molecular formula is C29H22N2O4. The summed E-state index contributed by atoms with van der Waals surface area (Å²) in [5, 5.41) is 11.2. The standard InChI is InChI=1S/C29H22N2O4/c32-27(21-10-3-1-4-11-21)25-26(31(29(34)28(25)33)19-20-9-8-16-30-18-20)22-12-7-15-24(17-22)35-23-13-5-2-6-14-23/h1-18,26,32H,19H2/b27-25+. The third-order valence-electron chi connectivity index (χ3n) is 5.82. The van der Waals surface area contributed by atoms with Crippen molar-refractivity contribution in [2.24, 2.45) is 0 Å². The molecule has 1 N–H and O–H groups in total. The fourth-order valence-corrected chi connectivity index (χ4v) is 4.20. The number of pyridine rings is 1. The maximum Gasteiger partial charge on any atom is 0.295 e. The minimum atomic E-state index is -0.797. The first kappa shape index (κ1) is 22.1. The van der Waals surface area contributed by atoms with E-state index in [1.807, 2.05) is 48.5 Å². The Labute approximate surface area is 202 Å². The number of amides is 1. The number of rotatable bonds is 6. The number of carbonyl (C=O) groups excluding carboxylic acids is 2. The molecule has 0 bridgehead atoms. The molecule has 1 aliphatic rings. The summed E-state index contributed by atoms with van der Waals surface area (Å²) in [4.78, 5) is 32.0. The predicted molar refractivity (Wildman–Crippen MR) is 131 cm³/mol. The van der Waals surface area contributed by atoms with Gasteiger partial charge in [-0.25, -0.2) is 0 Å². The molecule has 1 unspecified atom stereocenters. The normalized spacial score (nSPS) is 16.9. The van der Waals surface area contributed by atoms with Crippen molar-refractivity contribution in [3.05, 3.63) is 132 Å². The topological polar surface area (TPSA) is 79.7 Å². The van der Waals surface area contributed by atoms with E-state index in [0.29, 0.717) is 22.6 Å². The number of Topliss-reactive ketones (excluding diaryl/α,β-unsaturated/α-hetero) is 1. The van der Waals surface area contributed by atoms with E-state index in [1.54, 1.807) is 60.9 Å². The number of aromatic nitrogens is 1. The SMILES string of the molecule is O=C1C(=O)N(Cc2cccnc2)C(c2cccc(Oc3ccccc3)c2)/C1=C(\O)c1ccccc1. The van der Waals surface area contributed by atoms with Crippen molar-refractivity contribution in [3.8, 4) is 11.5 Å². The van der Waals surface area contributed by atoms with Crippen LogP contribution >= 0.6 is 0 Å². The zero-order chi connectivity index (χ0) is 24.2. The number of ketones is 1. The van der Waals surface area contributed by atoms with Gasteiger partial charge in [0.15, 0.2) is 0 Å². The van der Waals surface area contributed by atoms with Crippen LogP contribution in [0.3, 0.4) is 0 Å². The molecule has 1 amide bonds. The molecule has 1 atom stereocenters. The van der Waals surface area contributed by atoms with Gasteiger partial charge in [-0.05, 0) is 41.5 Å². The Morgan fingerprint density at radius 1 is 0.857 bits per heavy atom. The summed E-state index contributed by atoms with van der Waals surface area (Å²) in [7, 11) is 0. The van der Waals surface area contributed by atoms with E-state index >= 15 is 0 Å². The molecule has 2 heterocycles. The van der Waals surface area contributed by atoms with E-state index in [4.69, 9.17) is 4.74 Å². The zero-order valence-corrected chi connectivity index (χ0v) is 18.7. The summed E-state index contributed by atoms with van der Waals surface area (Å²) >= 11 is 0. The third kappa shape index (κ3) is 4.54. The van der Waals surface area contributed by atoms with Crippen LogP contribution in [0.15, 0.2) is 115 Å². The van der Waals surface area contributed by atoms with Crippen LogP contribution in [0.2, 0.25) is 0 Å². The van der Waals surface area contributed by atoms with Crippen LogP contribution in [0, 0.1) is 0 Å². The second-order valence-electron chi connectivity index (χ2n) is 8.14. The first-order valence-electron chi connectivity index (χ1n) is 11.2. The number of nitrogens with zero attached hydrogens (tertiary/aromatic N) is 2. The molecule has 5 rings (SSSR count). The molecule has 0 spiro atoms. The maximum absolute atomic E-state index is 13.2. The molecule has 35 heavy (non-hydrogen) atoms. The molecule has 6 heteroatoms. The van der Waals surface area contributed by atoms with Crippen LogP contribution in [0.25, 0.3) is 5.76 Å². The molecule has 0 radical (unpaired) electrons. The Morgan fingerprint density at radius 3 is 2.29 bits per heavy atom. The van der Waals surface area contributed by atoms with Crippen molar-refractivity contribution in [3.63, 3.8) is 0 Å². The van der Waals surface area contributed by atoms with Gasteiger partial charge in [-0.3, -0.25) is 14.6 Å². The number of aliphatic hydroxyl groups excluding tert-OH is 1. The Morgan fingerprint density at radius 2 is 1.57 bits per heavy atom. The Kier molecular flexibility index (Phi) is 6.09. The van der Waals surface area contributed by atoms with Gasteiger partial charge < -0.3 is 14.7 Å². The van der Waals surface area contributed by atoms with Crippen LogP contribution in [0.1, 0.15) is 22.7 Å². The Hall–Kier alpha value is -4.71. The van der Waals surface area contributed by atoms with E-state index in [1.165, 1.54) is 4.90 Å². The lowest BCUT2D eigenvalue weighted by Crippen LogP contribution is -2.29. The van der Waals surface area contributed by atoms with Gasteiger partial charge in [0.05, 0.1) is 11.6 Å². The van der Waals surface area contributed by atoms with Crippen molar-refractivity contribution in [2.75, 3.05) is 0 Å². The van der Waals surface area contributed by atoms with Crippen molar-refractivity contribution in [1.29, 1.82) is 0 Å². The number of ether oxygens (including phenoxy) is 1. The van der Waals surface area contributed by atoms with Crippen LogP contribution in [0.5, 0.6) is 11.5 Å². The zero-order valence-electron chi connectivity index (χ0n) is 18.7. The van der Waals surface area contributed by atoms with Crippen LogP contribution in [-0.2, 0) is 16.1 Å². The van der Waals surface area contributed by atoms with Gasteiger partial charge in [0.25, 0.3) is 11.7 Å². The highest BCUT2D eigenvalue weighted by Gasteiger charge is 2.46. The summed E-state index contributed by atoms with van der Waals surface area (Å²) in [5.41, 5.74) is 1.94. The minimum Gasteiger partial charge on any atom is -0.507 e. The molecule has 1 saturated heterocycles. The van der Waals surface area contributed by atoms with E-state index in [0.717, 1.165) is 5.56 Å². The molecule has 4 aromatic rings. The van der Waals surface area contributed by atoms with Crippen molar-refractivity contribution in [1.82, 2.24) is 9.88 Å². The molecule has 3 aromatic carbocycles. The Bertz CT molecular complexity index is 1390. The van der Waals surface area contributed by atoms with E-state index in [-0.39, 0.29) is 17.9 Å². The van der Waals surface area contributed by atoms with E-state index < -0.39 is 17.7 Å². The Balaban J connectivity index is 1.61. The largest absolute Gasteiger partial charge is 0.507 e. The fourth-order valence-electron chi connectivity index (χ4n) is 4.20. The smallest absolute Gasteiger partial charge is 0.295 e. The van der Waals surface area contributed by atoms with Gasteiger partial charge in [0, 0.05) is 24.5 Å². The molecule has 0 saturated carbocycles. The van der Waals surface area contributed by atoms with Gasteiger partial charge in [0.2, 0.25) is 0 Å². The quantitative estimate of drug-likeness (QED) is 0.233. The highest BCUT2D eigenvalue weighted by atomic mass is 16.5. The average Bonchev–Trinajstić information content (AvgIpc) is 3.15. The number of para-hydroxylation sites is 1. The molecule has 1 aromatic heterocycles. The predicted octanol–water partition coefficient (Wildman–Crippen LogP) is 5.50. The molecule has 1 aliphatic heterocycles. The number of benzene rings is 3. The molecule has 0 aliphatic carbocycles. The highest BCUT2D eigenvalue weighted by Crippen LogP contribution is 2.41. The third-order valence-corrected chi connectivity index (χ3v) is 5.82. The summed E-state index contributed by atoms with van der Waals surface area (Å²) < 4.78 is 5.99. The molecular weight excluding hydrogens is 440 g/mol. The second kappa shape index (κ2) is 9.65. The van der Waals surface area contributed by atoms with Gasteiger partial charge in [-0.1, -0.05) is 66.7 Å². The van der Waals surface area contributed by atoms with E-state index in [2.05, 4.69) is 4.98 Å². The lowest BCUT2D eigenvalue weighted by molar-refractivity contribution is -0.140. The van der Waals surface area contributed by atoms with Crippen LogP contribution in [0.4, 0.5) is 0 Å². The summed E-state index contributed by atoms with van der Waals surface area (Å²) in [6, 6.07) is 28.2. The number of aliphatic hydroxyl groups is 1. The number of hydrogen-bond donors (Lipinski definition) is 1. The van der Waals surface area contributed by atoms with Gasteiger partial charge in [-0.15, -0.1) is 0 Å². The second-order valence-corrected chi connectivity index (χ2v) is 8.14. The van der Waals surface area contributed by atoms with Gasteiger partial charge >= 0.3 is 0 Å². The van der Waals surface area contributed by atoms with Crippen molar-refractivity contribution < 1.29 is 19.4 Å². The summed E-state index contributed by atoms with van der Waals surface area (Å²) in [6.45, 7) is 0.165. The fraction of sp³-hybridized carbons (Fsp3) is 0.0690. The first-order chi connectivity index (χ1) is 17.1. The number of likely N-dealkylation sites (tertiary alicyclic amines) is 1. The monoisotopic (exact) mass is 462 g/mol. The summed E-state index contributed by atoms with van der Waals surface area (Å²) in [6.07, 6.45) is 3.30. The molecule has 6 nitrogen and oxygen atoms in total. The summed E-state index contributed by atoms with van der Waals surface area (Å²) in [5.74, 6) is -0.393. The molecule has 1 fully saturated rings. The van der Waals surface area contributed by atoms with Crippen LogP contribution in [-0.4, -0.2) is 26.7 Å². The average molecular weight is 463 g/mol. The minimum absolute atomic E-state index is 0.0435. The van der Waals surface area contributed by atoms with Gasteiger partial charge in [0.1, 0.15) is 17.3 Å². The number of carbonyl (C=O) groups is 2. The number of hydrogen-bond acceptors (Lipinski definition) is 5. The van der Waals surface area contributed by atoms with Crippen molar-refractivity contribution >= 4 is 17.4 Å². The highest BCUT2D eigenvalue weighted by molar-refractivity contribution is 6.46. The lowest BCUT2D eigenvalue weighted by Gasteiger charge is -2.25. The van der Waals surface area contributed by atoms with Gasteiger partial charge in [-0.2, -0.15) is 0 Å². The van der Waals surface area contributed by atoms with Crippen molar-refractivity contribution in [2.45, 2.75) is 12.6 Å². The van der Waals surface area contributed by atoms with Crippen LogP contribution < -0.4 is 4.74 Å². The van der Waals surface area contributed by atoms with E-state index in [9.17, 15) is 14.7 Å². The first-order valence-corrected chi connectivity index (χ1v) is 11.2. The maximum atomic E-state index is 13.2.